The van der Waals surface area contributed by atoms with Crippen LogP contribution in [0.25, 0.3) is 5.69 Å². The minimum absolute atomic E-state index is 0.161. The van der Waals surface area contributed by atoms with E-state index in [2.05, 4.69) is 33.6 Å². The van der Waals surface area contributed by atoms with Gasteiger partial charge in [0.05, 0.1) is 29.8 Å². The number of hydrogen-bond acceptors (Lipinski definition) is 4. The molecule has 0 spiro atoms. The van der Waals surface area contributed by atoms with Gasteiger partial charge in [0.25, 0.3) is 0 Å². The molecule has 20 heavy (non-hydrogen) atoms. The van der Waals surface area contributed by atoms with E-state index >= 15 is 0 Å². The third-order valence-electron chi connectivity index (χ3n) is 3.13. The monoisotopic (exact) mass is 265 g/mol. The lowest BCUT2D eigenvalue weighted by molar-refractivity contribution is 0.797. The maximum atomic E-state index is 4.15. The Labute approximate surface area is 117 Å². The highest BCUT2D eigenvalue weighted by atomic mass is 15.4. The quantitative estimate of drug-likeness (QED) is 0.788. The van der Waals surface area contributed by atoms with Gasteiger partial charge >= 0.3 is 0 Å². The lowest BCUT2D eigenvalue weighted by Gasteiger charge is -2.17. The third kappa shape index (κ3) is 2.51. The number of nitrogens with one attached hydrogen (secondary N) is 1. The molecule has 0 aliphatic heterocycles. The highest BCUT2D eigenvalue weighted by Gasteiger charge is 2.09. The Morgan fingerprint density at radius 3 is 2.75 bits per heavy atom. The van der Waals surface area contributed by atoms with E-state index in [1.54, 1.807) is 17.1 Å². The fraction of sp³-hybridized carbons (Fsp3) is 0.133. The average molecular weight is 265 g/mol. The number of para-hydroxylation sites is 2. The molecule has 1 N–H and O–H groups in total. The van der Waals surface area contributed by atoms with E-state index in [9.17, 15) is 0 Å². The van der Waals surface area contributed by atoms with Crippen LogP contribution in [-0.4, -0.2) is 20.0 Å². The Morgan fingerprint density at radius 1 is 1.10 bits per heavy atom. The maximum Gasteiger partial charge on any atom is 0.0894 e. The Hall–Kier alpha value is -2.69. The lowest BCUT2D eigenvalue weighted by atomic mass is 10.1. The van der Waals surface area contributed by atoms with Crippen LogP contribution in [0.4, 0.5) is 5.69 Å². The molecule has 0 bridgehead atoms. The van der Waals surface area contributed by atoms with Gasteiger partial charge in [-0.1, -0.05) is 23.4 Å². The van der Waals surface area contributed by atoms with Crippen LogP contribution in [0, 0.1) is 0 Å². The molecule has 0 amide bonds. The number of pyridine rings is 1. The highest BCUT2D eigenvalue weighted by molar-refractivity contribution is 5.61. The van der Waals surface area contributed by atoms with E-state index in [1.165, 1.54) is 0 Å². The first kappa shape index (κ1) is 12.3. The molecule has 100 valence electrons. The molecule has 5 heteroatoms. The van der Waals surface area contributed by atoms with Crippen molar-refractivity contribution in [2.24, 2.45) is 0 Å². The van der Waals surface area contributed by atoms with Crippen molar-refractivity contribution in [1.29, 1.82) is 0 Å². The first-order valence-corrected chi connectivity index (χ1v) is 6.47. The van der Waals surface area contributed by atoms with Gasteiger partial charge < -0.3 is 5.32 Å². The molecule has 1 aromatic carbocycles. The number of nitrogens with zero attached hydrogens (tertiary/aromatic N) is 4. The molecule has 2 heterocycles. The number of hydrogen-bond donors (Lipinski definition) is 1. The zero-order valence-corrected chi connectivity index (χ0v) is 11.1. The number of anilines is 1. The van der Waals surface area contributed by atoms with E-state index in [-0.39, 0.29) is 6.04 Å². The maximum absolute atomic E-state index is 4.15. The molecule has 1 atom stereocenters. The van der Waals surface area contributed by atoms with Crippen LogP contribution in [0.3, 0.4) is 0 Å². The van der Waals surface area contributed by atoms with Crippen molar-refractivity contribution in [2.45, 2.75) is 13.0 Å². The molecule has 0 aliphatic carbocycles. The summed E-state index contributed by atoms with van der Waals surface area (Å²) in [5, 5.41) is 11.4. The van der Waals surface area contributed by atoms with Crippen molar-refractivity contribution in [3.63, 3.8) is 0 Å². The fourth-order valence-electron chi connectivity index (χ4n) is 2.08. The summed E-state index contributed by atoms with van der Waals surface area (Å²) in [4.78, 5) is 4.15. The Bertz CT molecular complexity index is 664. The molecule has 0 saturated carbocycles. The zero-order valence-electron chi connectivity index (χ0n) is 11.1. The Morgan fingerprint density at radius 2 is 2.00 bits per heavy atom. The molecule has 3 aromatic rings. The van der Waals surface area contributed by atoms with Crippen LogP contribution in [0.1, 0.15) is 18.5 Å². The summed E-state index contributed by atoms with van der Waals surface area (Å²) in [6.45, 7) is 2.11. The lowest BCUT2D eigenvalue weighted by Crippen LogP contribution is -2.09. The van der Waals surface area contributed by atoms with Gasteiger partial charge in [0.1, 0.15) is 0 Å². The van der Waals surface area contributed by atoms with Crippen molar-refractivity contribution in [2.75, 3.05) is 5.32 Å². The van der Waals surface area contributed by atoms with Crippen LogP contribution in [0.2, 0.25) is 0 Å². The topological polar surface area (TPSA) is 55.6 Å². The van der Waals surface area contributed by atoms with Crippen molar-refractivity contribution in [3.8, 4) is 5.69 Å². The summed E-state index contributed by atoms with van der Waals surface area (Å²) in [5.41, 5.74) is 3.12. The SMILES string of the molecule is CC(Nc1ccccc1-n1ccnn1)c1cccnc1. The van der Waals surface area contributed by atoms with Gasteiger partial charge in [0, 0.05) is 12.4 Å². The van der Waals surface area contributed by atoms with Gasteiger partial charge in [0.15, 0.2) is 0 Å². The average Bonchev–Trinajstić information content (AvgIpc) is 3.03. The van der Waals surface area contributed by atoms with E-state index < -0.39 is 0 Å². The van der Waals surface area contributed by atoms with Crippen molar-refractivity contribution in [1.82, 2.24) is 20.0 Å². The number of rotatable bonds is 4. The van der Waals surface area contributed by atoms with Crippen LogP contribution in [0.5, 0.6) is 0 Å². The minimum atomic E-state index is 0.161. The Balaban J connectivity index is 1.88. The Kier molecular flexibility index (Phi) is 3.41. The predicted octanol–water partition coefficient (Wildman–Crippen LogP) is 2.84. The fourth-order valence-corrected chi connectivity index (χ4v) is 2.08. The molecule has 3 rings (SSSR count). The van der Waals surface area contributed by atoms with Gasteiger partial charge in [-0.2, -0.15) is 0 Å². The first-order chi connectivity index (χ1) is 9.84. The van der Waals surface area contributed by atoms with Gasteiger partial charge in [-0.05, 0) is 30.7 Å². The van der Waals surface area contributed by atoms with E-state index in [0.29, 0.717) is 0 Å². The van der Waals surface area contributed by atoms with Gasteiger partial charge in [-0.15, -0.1) is 5.10 Å². The second kappa shape index (κ2) is 5.52. The summed E-state index contributed by atoms with van der Waals surface area (Å²) < 4.78 is 1.75. The smallest absolute Gasteiger partial charge is 0.0894 e. The van der Waals surface area contributed by atoms with E-state index in [4.69, 9.17) is 0 Å². The molecular weight excluding hydrogens is 250 g/mol. The van der Waals surface area contributed by atoms with Crippen molar-refractivity contribution < 1.29 is 0 Å². The zero-order chi connectivity index (χ0) is 13.8. The summed E-state index contributed by atoms with van der Waals surface area (Å²) in [6, 6.07) is 12.2. The molecule has 2 aromatic heterocycles. The summed E-state index contributed by atoms with van der Waals surface area (Å²) in [5.74, 6) is 0. The van der Waals surface area contributed by atoms with Crippen molar-refractivity contribution >= 4 is 5.69 Å². The standard InChI is InChI=1S/C15H15N5/c1-12(13-5-4-8-16-11-13)18-14-6-2-3-7-15(14)20-10-9-17-19-20/h2-12,18H,1H3. The van der Waals surface area contributed by atoms with Crippen LogP contribution < -0.4 is 5.32 Å². The molecule has 1 unspecified atom stereocenters. The molecule has 0 saturated heterocycles. The third-order valence-corrected chi connectivity index (χ3v) is 3.13. The molecule has 5 nitrogen and oxygen atoms in total. The molecule has 0 fully saturated rings. The summed E-state index contributed by atoms with van der Waals surface area (Å²) in [7, 11) is 0. The molecule has 0 aliphatic rings. The molecule has 0 radical (unpaired) electrons. The largest absolute Gasteiger partial charge is 0.377 e. The minimum Gasteiger partial charge on any atom is -0.377 e. The van der Waals surface area contributed by atoms with Crippen LogP contribution in [-0.2, 0) is 0 Å². The van der Waals surface area contributed by atoms with Crippen molar-refractivity contribution in [3.05, 3.63) is 66.7 Å². The normalized spacial score (nSPS) is 12.1. The van der Waals surface area contributed by atoms with Crippen LogP contribution in [0.15, 0.2) is 61.2 Å². The second-order valence-electron chi connectivity index (χ2n) is 4.52. The van der Waals surface area contributed by atoms with Gasteiger partial charge in [-0.25, -0.2) is 4.68 Å². The van der Waals surface area contributed by atoms with Crippen LogP contribution >= 0.6 is 0 Å². The number of benzene rings is 1. The van der Waals surface area contributed by atoms with E-state index in [0.717, 1.165) is 16.9 Å². The van der Waals surface area contributed by atoms with E-state index in [1.807, 2.05) is 42.7 Å². The number of aromatic nitrogens is 4. The molecular formula is C15H15N5. The second-order valence-corrected chi connectivity index (χ2v) is 4.52. The van der Waals surface area contributed by atoms with Gasteiger partial charge in [0.2, 0.25) is 0 Å². The summed E-state index contributed by atoms with van der Waals surface area (Å²) >= 11 is 0. The summed E-state index contributed by atoms with van der Waals surface area (Å²) in [6.07, 6.45) is 7.14. The predicted molar refractivity (Wildman–Crippen MR) is 77.6 cm³/mol. The first-order valence-electron chi connectivity index (χ1n) is 6.47. The highest BCUT2D eigenvalue weighted by Crippen LogP contribution is 2.24. The van der Waals surface area contributed by atoms with Gasteiger partial charge in [-0.3, -0.25) is 4.98 Å².